The fraction of sp³-hybridized carbons (Fsp3) is 0.333. The number of hydrogen-bond donors (Lipinski definition) is 1. The van der Waals surface area contributed by atoms with Gasteiger partial charge in [0.05, 0.1) is 6.10 Å². The summed E-state index contributed by atoms with van der Waals surface area (Å²) < 4.78 is 11.9. The molecular formula is C15H17BrO3. The van der Waals surface area contributed by atoms with Gasteiger partial charge < -0.3 is 14.3 Å². The average molecular weight is 325 g/mol. The molecule has 0 aliphatic rings. The van der Waals surface area contributed by atoms with E-state index in [-0.39, 0.29) is 6.10 Å². The molecule has 0 saturated heterocycles. The van der Waals surface area contributed by atoms with Crippen LogP contribution in [-0.2, 0) is 13.0 Å². The Labute approximate surface area is 121 Å². The van der Waals surface area contributed by atoms with Gasteiger partial charge in [-0.1, -0.05) is 12.1 Å². The number of aryl methyl sites for hydroxylation is 1. The van der Waals surface area contributed by atoms with Gasteiger partial charge in [-0.15, -0.1) is 0 Å². The summed E-state index contributed by atoms with van der Waals surface area (Å²) in [5.41, 5.74) is 2.16. The van der Waals surface area contributed by atoms with Gasteiger partial charge in [0.25, 0.3) is 0 Å². The van der Waals surface area contributed by atoms with E-state index in [1.165, 1.54) is 0 Å². The van der Waals surface area contributed by atoms with Gasteiger partial charge in [-0.25, -0.2) is 0 Å². The quantitative estimate of drug-likeness (QED) is 0.908. The molecule has 3 nitrogen and oxygen atoms in total. The fourth-order valence-corrected chi connectivity index (χ4v) is 2.37. The first-order valence-electron chi connectivity index (χ1n) is 6.19. The topological polar surface area (TPSA) is 42.6 Å². The number of ether oxygens (including phenoxy) is 1. The lowest BCUT2D eigenvalue weighted by atomic mass is 10.1. The first-order valence-corrected chi connectivity index (χ1v) is 6.98. The molecule has 4 heteroatoms. The summed E-state index contributed by atoms with van der Waals surface area (Å²) in [6.45, 7) is 4.17. The van der Waals surface area contributed by atoms with Crippen molar-refractivity contribution in [3.05, 3.63) is 51.9 Å². The number of hydrogen-bond acceptors (Lipinski definition) is 3. The molecule has 0 aliphatic heterocycles. The van der Waals surface area contributed by atoms with Crippen LogP contribution in [0.5, 0.6) is 5.75 Å². The molecule has 0 radical (unpaired) electrons. The summed E-state index contributed by atoms with van der Waals surface area (Å²) in [6.07, 6.45) is 0.333. The molecule has 1 atom stereocenters. The zero-order chi connectivity index (χ0) is 13.8. The van der Waals surface area contributed by atoms with Crippen LogP contribution < -0.4 is 4.74 Å². The van der Waals surface area contributed by atoms with Crippen LogP contribution >= 0.6 is 15.9 Å². The van der Waals surface area contributed by atoms with E-state index < -0.39 is 0 Å². The third-order valence-electron chi connectivity index (χ3n) is 2.81. The van der Waals surface area contributed by atoms with Crippen molar-refractivity contribution in [2.45, 2.75) is 33.0 Å². The molecule has 1 heterocycles. The van der Waals surface area contributed by atoms with Crippen LogP contribution in [0.25, 0.3) is 0 Å². The monoisotopic (exact) mass is 324 g/mol. The summed E-state index contributed by atoms with van der Waals surface area (Å²) in [4.78, 5) is 0. The minimum atomic E-state index is -0.324. The summed E-state index contributed by atoms with van der Waals surface area (Å²) in [7, 11) is 0. The van der Waals surface area contributed by atoms with Gasteiger partial charge in [0, 0.05) is 0 Å². The van der Waals surface area contributed by atoms with Gasteiger partial charge in [0.1, 0.15) is 18.1 Å². The Morgan fingerprint density at radius 3 is 2.53 bits per heavy atom. The van der Waals surface area contributed by atoms with Crippen LogP contribution in [0.2, 0.25) is 0 Å². The minimum absolute atomic E-state index is 0.324. The minimum Gasteiger partial charge on any atom is -0.486 e. The second-order valence-electron chi connectivity index (χ2n) is 4.64. The standard InChI is InChI=1S/C15H17BrO3/c1-10-7-15(16)19-14(10)9-18-13-5-3-12(4-6-13)8-11(2)17/h3-7,11,17H,8-9H2,1-2H3/t11-/m1/s1. The molecule has 0 amide bonds. The highest BCUT2D eigenvalue weighted by atomic mass is 79.9. The Bertz CT molecular complexity index is 529. The normalized spacial score (nSPS) is 12.4. The van der Waals surface area contributed by atoms with Gasteiger partial charge in [-0.3, -0.25) is 0 Å². The number of benzene rings is 1. The third kappa shape index (κ3) is 4.11. The predicted octanol–water partition coefficient (Wildman–Crippen LogP) is 3.85. The van der Waals surface area contributed by atoms with Gasteiger partial charge >= 0.3 is 0 Å². The average Bonchev–Trinajstić information content (AvgIpc) is 2.66. The van der Waals surface area contributed by atoms with Gasteiger partial charge in [-0.05, 0) is 65.5 Å². The summed E-state index contributed by atoms with van der Waals surface area (Å²) in [5, 5.41) is 9.31. The van der Waals surface area contributed by atoms with Crippen molar-refractivity contribution in [2.24, 2.45) is 0 Å². The van der Waals surface area contributed by atoms with Crippen molar-refractivity contribution >= 4 is 15.9 Å². The molecule has 0 bridgehead atoms. The second kappa shape index (κ2) is 6.26. The molecule has 2 rings (SSSR count). The number of furan rings is 1. The lowest BCUT2D eigenvalue weighted by Gasteiger charge is -2.07. The zero-order valence-corrected chi connectivity index (χ0v) is 12.6. The number of rotatable bonds is 5. The first-order chi connectivity index (χ1) is 9.04. The van der Waals surface area contributed by atoms with E-state index in [0.717, 1.165) is 27.3 Å². The molecule has 0 unspecified atom stereocenters. The van der Waals surface area contributed by atoms with Gasteiger partial charge in [0.15, 0.2) is 4.67 Å². The smallest absolute Gasteiger partial charge is 0.169 e. The molecule has 0 spiro atoms. The molecule has 2 aromatic rings. The summed E-state index contributed by atoms with van der Waals surface area (Å²) >= 11 is 3.30. The van der Waals surface area contributed by atoms with Crippen LogP contribution in [0.15, 0.2) is 39.4 Å². The van der Waals surface area contributed by atoms with Crippen molar-refractivity contribution in [1.82, 2.24) is 0 Å². The molecule has 0 fully saturated rings. The van der Waals surface area contributed by atoms with Crippen LogP contribution in [0.1, 0.15) is 23.8 Å². The Hall–Kier alpha value is -1.26. The Morgan fingerprint density at radius 2 is 2.00 bits per heavy atom. The van der Waals surface area contributed by atoms with Gasteiger partial charge in [0.2, 0.25) is 0 Å². The molecule has 1 N–H and O–H groups in total. The number of halogens is 1. The lowest BCUT2D eigenvalue weighted by Crippen LogP contribution is -2.03. The van der Waals surface area contributed by atoms with Crippen molar-refractivity contribution in [3.63, 3.8) is 0 Å². The summed E-state index contributed by atoms with van der Waals surface area (Å²) in [6, 6.07) is 9.67. The highest BCUT2D eigenvalue weighted by molar-refractivity contribution is 9.10. The van der Waals surface area contributed by atoms with E-state index in [0.29, 0.717) is 13.0 Å². The van der Waals surface area contributed by atoms with Crippen LogP contribution in [-0.4, -0.2) is 11.2 Å². The van der Waals surface area contributed by atoms with E-state index in [2.05, 4.69) is 15.9 Å². The summed E-state index contributed by atoms with van der Waals surface area (Å²) in [5.74, 6) is 1.61. The van der Waals surface area contributed by atoms with Gasteiger partial charge in [-0.2, -0.15) is 0 Å². The highest BCUT2D eigenvalue weighted by Crippen LogP contribution is 2.21. The largest absolute Gasteiger partial charge is 0.486 e. The van der Waals surface area contributed by atoms with Crippen molar-refractivity contribution in [1.29, 1.82) is 0 Å². The maximum atomic E-state index is 9.31. The zero-order valence-electron chi connectivity index (χ0n) is 11.0. The van der Waals surface area contributed by atoms with Crippen molar-refractivity contribution in [2.75, 3.05) is 0 Å². The van der Waals surface area contributed by atoms with E-state index in [4.69, 9.17) is 9.15 Å². The lowest BCUT2D eigenvalue weighted by molar-refractivity contribution is 0.195. The Kier molecular flexibility index (Phi) is 4.66. The van der Waals surface area contributed by atoms with Crippen LogP contribution in [0.3, 0.4) is 0 Å². The Morgan fingerprint density at radius 1 is 1.32 bits per heavy atom. The first kappa shape index (κ1) is 14.2. The molecule has 1 aromatic heterocycles. The van der Waals surface area contributed by atoms with E-state index in [9.17, 15) is 5.11 Å². The van der Waals surface area contributed by atoms with Crippen molar-refractivity contribution < 1.29 is 14.3 Å². The number of aliphatic hydroxyl groups excluding tert-OH is 1. The fourth-order valence-electron chi connectivity index (χ4n) is 1.83. The van der Waals surface area contributed by atoms with E-state index in [1.54, 1.807) is 6.92 Å². The van der Waals surface area contributed by atoms with E-state index >= 15 is 0 Å². The predicted molar refractivity (Wildman–Crippen MR) is 77.3 cm³/mol. The Balaban J connectivity index is 1.94. The SMILES string of the molecule is Cc1cc(Br)oc1COc1ccc(C[C@@H](C)O)cc1. The molecular weight excluding hydrogens is 308 g/mol. The molecule has 19 heavy (non-hydrogen) atoms. The molecule has 102 valence electrons. The van der Waals surface area contributed by atoms with Crippen molar-refractivity contribution in [3.8, 4) is 5.75 Å². The third-order valence-corrected chi connectivity index (χ3v) is 3.21. The second-order valence-corrected chi connectivity index (χ2v) is 5.42. The van der Waals surface area contributed by atoms with E-state index in [1.807, 2.05) is 37.3 Å². The van der Waals surface area contributed by atoms with Crippen LogP contribution in [0.4, 0.5) is 0 Å². The molecule has 0 aliphatic carbocycles. The number of aliphatic hydroxyl groups is 1. The van der Waals surface area contributed by atoms with Crippen LogP contribution in [0, 0.1) is 6.92 Å². The molecule has 0 saturated carbocycles. The maximum Gasteiger partial charge on any atom is 0.169 e. The maximum absolute atomic E-state index is 9.31. The highest BCUT2D eigenvalue weighted by Gasteiger charge is 2.06. The molecule has 1 aromatic carbocycles.